The maximum atomic E-state index is 12.9. The molecule has 6 nitrogen and oxygen atoms in total. The van der Waals surface area contributed by atoms with E-state index < -0.39 is 5.91 Å². The van der Waals surface area contributed by atoms with E-state index in [1.807, 2.05) is 57.2 Å². The average Bonchev–Trinajstić information content (AvgIpc) is 3.32. The Morgan fingerprint density at radius 3 is 2.55 bits per heavy atom. The van der Waals surface area contributed by atoms with Crippen molar-refractivity contribution in [3.63, 3.8) is 0 Å². The van der Waals surface area contributed by atoms with E-state index >= 15 is 0 Å². The third-order valence-corrected chi connectivity index (χ3v) is 6.80. The van der Waals surface area contributed by atoms with Gasteiger partial charge in [-0.15, -0.1) is 0 Å². The normalized spacial score (nSPS) is 16.8. The Balaban J connectivity index is 1.53. The maximum absolute atomic E-state index is 12.9. The topological polar surface area (TPSA) is 73.8 Å². The lowest BCUT2D eigenvalue weighted by molar-refractivity contribution is -0.114. The van der Waals surface area contributed by atoms with Crippen LogP contribution in [0.3, 0.4) is 0 Å². The van der Waals surface area contributed by atoms with Crippen molar-refractivity contribution < 1.29 is 4.79 Å². The number of carbonyl (C=O) groups excluding carboxylic acids is 1. The van der Waals surface area contributed by atoms with Crippen molar-refractivity contribution in [1.82, 2.24) is 9.58 Å². The van der Waals surface area contributed by atoms with Crippen LogP contribution in [0.4, 0.5) is 0 Å². The number of benzene rings is 2. The molecule has 1 aromatic heterocycles. The SMILES string of the molecule is Cc1cccc(-n2c(C)cc(/C=C3/C(=N)N4N=C(c5ccccc5C)SC4=NC3=O)c2C)c1. The van der Waals surface area contributed by atoms with Crippen molar-refractivity contribution in [3.05, 3.63) is 93.8 Å². The van der Waals surface area contributed by atoms with Crippen LogP contribution < -0.4 is 0 Å². The Hall–Kier alpha value is -3.71. The fourth-order valence-electron chi connectivity index (χ4n) is 4.17. The second-order valence-corrected chi connectivity index (χ2v) is 9.20. The molecule has 0 bridgehead atoms. The van der Waals surface area contributed by atoms with Gasteiger partial charge in [0, 0.05) is 22.6 Å². The van der Waals surface area contributed by atoms with Crippen molar-refractivity contribution in [2.24, 2.45) is 10.1 Å². The van der Waals surface area contributed by atoms with Crippen LogP contribution in [0, 0.1) is 33.1 Å². The smallest absolute Gasteiger partial charge is 0.283 e. The Morgan fingerprint density at radius 1 is 1.00 bits per heavy atom. The zero-order chi connectivity index (χ0) is 23.3. The number of rotatable bonds is 3. The first-order valence-electron chi connectivity index (χ1n) is 10.7. The monoisotopic (exact) mass is 453 g/mol. The molecular formula is C26H23N5OS. The number of hydrogen-bond acceptors (Lipinski definition) is 4. The molecular weight excluding hydrogens is 430 g/mol. The summed E-state index contributed by atoms with van der Waals surface area (Å²) in [5.41, 5.74) is 7.49. The standard InChI is InChI=1S/C26H23N5OS/c1-15-8-7-10-20(12-15)30-17(3)13-19(18(30)4)14-22-23(27)31-26(28-24(22)32)33-25(29-31)21-11-6-5-9-16(21)2/h5-14,27H,1-4H3/b22-14-,27-23?. The number of aryl methyl sites for hydroxylation is 3. The van der Waals surface area contributed by atoms with Gasteiger partial charge in [-0.25, -0.2) is 0 Å². The van der Waals surface area contributed by atoms with Gasteiger partial charge in [-0.2, -0.15) is 15.1 Å². The van der Waals surface area contributed by atoms with Crippen LogP contribution in [0.25, 0.3) is 11.8 Å². The molecule has 0 spiro atoms. The highest BCUT2D eigenvalue weighted by atomic mass is 32.2. The van der Waals surface area contributed by atoms with Crippen LogP contribution in [0.2, 0.25) is 0 Å². The van der Waals surface area contributed by atoms with E-state index in [1.165, 1.54) is 22.3 Å². The lowest BCUT2D eigenvalue weighted by Gasteiger charge is -2.20. The van der Waals surface area contributed by atoms with Crippen LogP contribution in [0.15, 0.2) is 70.3 Å². The van der Waals surface area contributed by atoms with Gasteiger partial charge in [0.15, 0.2) is 5.84 Å². The summed E-state index contributed by atoms with van der Waals surface area (Å²) in [6, 6.07) is 18.3. The Morgan fingerprint density at radius 2 is 1.79 bits per heavy atom. The van der Waals surface area contributed by atoms with Crippen LogP contribution in [0.1, 0.15) is 33.6 Å². The zero-order valence-electron chi connectivity index (χ0n) is 18.9. The summed E-state index contributed by atoms with van der Waals surface area (Å²) in [6.45, 7) is 8.15. The van der Waals surface area contributed by atoms with E-state index in [0.717, 1.165) is 38.8 Å². The van der Waals surface area contributed by atoms with E-state index in [1.54, 1.807) is 6.08 Å². The highest BCUT2D eigenvalue weighted by Gasteiger charge is 2.36. The molecule has 2 aliphatic rings. The number of amides is 1. The van der Waals surface area contributed by atoms with Crippen molar-refractivity contribution in [1.29, 1.82) is 5.41 Å². The first-order valence-corrected chi connectivity index (χ1v) is 11.5. The lowest BCUT2D eigenvalue weighted by Crippen LogP contribution is -2.35. The van der Waals surface area contributed by atoms with Crippen LogP contribution >= 0.6 is 11.8 Å². The van der Waals surface area contributed by atoms with Crippen LogP contribution in [0.5, 0.6) is 0 Å². The Kier molecular flexibility index (Phi) is 5.13. The van der Waals surface area contributed by atoms with Gasteiger partial charge in [-0.05, 0) is 80.4 Å². The number of nitrogens with one attached hydrogen (secondary N) is 1. The molecule has 0 saturated carbocycles. The summed E-state index contributed by atoms with van der Waals surface area (Å²) in [7, 11) is 0. The van der Waals surface area contributed by atoms with E-state index in [9.17, 15) is 4.79 Å². The van der Waals surface area contributed by atoms with Gasteiger partial charge in [-0.1, -0.05) is 36.4 Å². The number of aliphatic imine (C=N–C) groups is 1. The molecule has 3 aromatic rings. The molecule has 2 aromatic carbocycles. The quantitative estimate of drug-likeness (QED) is 0.541. The molecule has 164 valence electrons. The van der Waals surface area contributed by atoms with Gasteiger partial charge in [0.1, 0.15) is 5.04 Å². The first kappa shape index (κ1) is 21.2. The van der Waals surface area contributed by atoms with Gasteiger partial charge in [0.05, 0.1) is 5.57 Å². The minimum absolute atomic E-state index is 0.0430. The third-order valence-electron chi connectivity index (χ3n) is 5.86. The number of carbonyl (C=O) groups is 1. The van der Waals surface area contributed by atoms with Crippen LogP contribution in [-0.2, 0) is 4.79 Å². The summed E-state index contributed by atoms with van der Waals surface area (Å²) in [5.74, 6) is -0.373. The summed E-state index contributed by atoms with van der Waals surface area (Å²) in [5, 5.41) is 15.9. The Bertz CT molecular complexity index is 1430. The molecule has 0 radical (unpaired) electrons. The minimum atomic E-state index is -0.416. The minimum Gasteiger partial charge on any atom is -0.318 e. The van der Waals surface area contributed by atoms with Gasteiger partial charge in [0.2, 0.25) is 5.17 Å². The number of hydrogen-bond donors (Lipinski definition) is 1. The second kappa shape index (κ2) is 8.01. The molecule has 1 amide bonds. The van der Waals surface area contributed by atoms with Gasteiger partial charge < -0.3 is 4.57 Å². The summed E-state index contributed by atoms with van der Waals surface area (Å²) in [4.78, 5) is 17.1. The molecule has 5 rings (SSSR count). The number of aromatic nitrogens is 1. The number of nitrogens with zero attached hydrogens (tertiary/aromatic N) is 4. The lowest BCUT2D eigenvalue weighted by atomic mass is 10.1. The zero-order valence-corrected chi connectivity index (χ0v) is 19.7. The first-order chi connectivity index (χ1) is 15.8. The number of amidine groups is 2. The van der Waals surface area contributed by atoms with Gasteiger partial charge in [0.25, 0.3) is 5.91 Å². The third kappa shape index (κ3) is 3.64. The summed E-state index contributed by atoms with van der Waals surface area (Å²) >= 11 is 1.32. The molecule has 3 heterocycles. The summed E-state index contributed by atoms with van der Waals surface area (Å²) in [6.07, 6.45) is 1.76. The second-order valence-electron chi connectivity index (χ2n) is 8.24. The number of thioether (sulfide) groups is 1. The number of fused-ring (bicyclic) bond motifs is 1. The highest BCUT2D eigenvalue weighted by Crippen LogP contribution is 2.32. The molecule has 0 fully saturated rings. The highest BCUT2D eigenvalue weighted by molar-refractivity contribution is 8.27. The van der Waals surface area contributed by atoms with Gasteiger partial charge >= 0.3 is 0 Å². The van der Waals surface area contributed by atoms with E-state index in [2.05, 4.69) is 39.8 Å². The molecule has 0 unspecified atom stereocenters. The predicted octanol–water partition coefficient (Wildman–Crippen LogP) is 5.38. The Labute approximate surface area is 196 Å². The van der Waals surface area contributed by atoms with E-state index in [0.29, 0.717) is 5.17 Å². The molecule has 0 atom stereocenters. The average molecular weight is 454 g/mol. The van der Waals surface area contributed by atoms with Crippen molar-refractivity contribution in [3.8, 4) is 5.69 Å². The molecule has 2 aliphatic heterocycles. The maximum Gasteiger partial charge on any atom is 0.283 e. The largest absolute Gasteiger partial charge is 0.318 e. The number of hydrazone groups is 1. The van der Waals surface area contributed by atoms with E-state index in [4.69, 9.17) is 5.41 Å². The molecule has 0 saturated heterocycles. The van der Waals surface area contributed by atoms with Crippen LogP contribution in [-0.4, -0.2) is 31.5 Å². The predicted molar refractivity (Wildman–Crippen MR) is 135 cm³/mol. The summed E-state index contributed by atoms with van der Waals surface area (Å²) < 4.78 is 2.16. The fraction of sp³-hybridized carbons (Fsp3) is 0.154. The fourth-order valence-corrected chi connectivity index (χ4v) is 5.15. The van der Waals surface area contributed by atoms with Gasteiger partial charge in [-0.3, -0.25) is 10.2 Å². The van der Waals surface area contributed by atoms with E-state index in [-0.39, 0.29) is 11.4 Å². The van der Waals surface area contributed by atoms with Crippen molar-refractivity contribution in [2.45, 2.75) is 27.7 Å². The molecule has 33 heavy (non-hydrogen) atoms. The molecule has 1 N–H and O–H groups in total. The molecule has 0 aliphatic carbocycles. The van der Waals surface area contributed by atoms with Crippen molar-refractivity contribution in [2.75, 3.05) is 0 Å². The van der Waals surface area contributed by atoms with Crippen molar-refractivity contribution >= 4 is 39.8 Å². The molecule has 7 heteroatoms.